The minimum absolute atomic E-state index is 0.135. The zero-order valence-corrected chi connectivity index (χ0v) is 16.7. The van der Waals surface area contributed by atoms with Crippen LogP contribution in [0.1, 0.15) is 0 Å². The molecule has 0 bridgehead atoms. The van der Waals surface area contributed by atoms with Crippen LogP contribution in [-0.2, 0) is 4.79 Å². The molecule has 29 heavy (non-hydrogen) atoms. The van der Waals surface area contributed by atoms with Gasteiger partial charge in [-0.05, 0) is 42.5 Å². The van der Waals surface area contributed by atoms with Gasteiger partial charge in [0.2, 0.25) is 5.91 Å². The predicted octanol–water partition coefficient (Wildman–Crippen LogP) is 5.82. The van der Waals surface area contributed by atoms with Crippen LogP contribution in [0, 0.1) is 5.82 Å². The number of amides is 1. The summed E-state index contributed by atoms with van der Waals surface area (Å²) in [5.74, 6) is -0.432. The Morgan fingerprint density at radius 1 is 0.966 bits per heavy atom. The van der Waals surface area contributed by atoms with Crippen molar-refractivity contribution in [3.8, 4) is 11.3 Å². The lowest BCUT2D eigenvalue weighted by Crippen LogP contribution is -2.14. The molecule has 4 aromatic rings. The summed E-state index contributed by atoms with van der Waals surface area (Å²) in [5, 5.41) is 4.81. The molecule has 4 rings (SSSR count). The number of hydrogen-bond acceptors (Lipinski definition) is 4. The lowest BCUT2D eigenvalue weighted by molar-refractivity contribution is -0.113. The van der Waals surface area contributed by atoms with E-state index in [4.69, 9.17) is 11.6 Å². The number of anilines is 1. The van der Waals surface area contributed by atoms with E-state index in [0.717, 1.165) is 22.2 Å². The molecule has 0 aliphatic heterocycles. The molecule has 1 heterocycles. The van der Waals surface area contributed by atoms with E-state index in [-0.39, 0.29) is 17.5 Å². The summed E-state index contributed by atoms with van der Waals surface area (Å²) >= 11 is 7.25. The lowest BCUT2D eigenvalue weighted by Gasteiger charge is -2.09. The fourth-order valence-electron chi connectivity index (χ4n) is 2.81. The number of rotatable bonds is 5. The van der Waals surface area contributed by atoms with E-state index < -0.39 is 0 Å². The molecule has 144 valence electrons. The molecule has 4 nitrogen and oxygen atoms in total. The van der Waals surface area contributed by atoms with E-state index in [1.807, 2.05) is 48.5 Å². The highest BCUT2D eigenvalue weighted by Crippen LogP contribution is 2.29. The number of hydrogen-bond donors (Lipinski definition) is 1. The molecule has 0 spiro atoms. The molecule has 0 radical (unpaired) electrons. The Balaban J connectivity index is 1.56. The second-order valence-electron chi connectivity index (χ2n) is 6.22. The van der Waals surface area contributed by atoms with E-state index in [9.17, 15) is 9.18 Å². The molecule has 0 unspecified atom stereocenters. The van der Waals surface area contributed by atoms with Crippen molar-refractivity contribution in [3.63, 3.8) is 0 Å². The molecule has 0 saturated carbocycles. The molecular weight excluding hydrogens is 409 g/mol. The zero-order valence-electron chi connectivity index (χ0n) is 15.1. The first kappa shape index (κ1) is 19.4. The van der Waals surface area contributed by atoms with Gasteiger partial charge in [-0.1, -0.05) is 53.7 Å². The van der Waals surface area contributed by atoms with E-state index >= 15 is 0 Å². The lowest BCUT2D eigenvalue weighted by atomic mass is 10.1. The highest BCUT2D eigenvalue weighted by atomic mass is 35.5. The topological polar surface area (TPSA) is 54.9 Å². The molecule has 0 atom stereocenters. The van der Waals surface area contributed by atoms with Crippen LogP contribution in [0.25, 0.3) is 22.2 Å². The number of halogens is 2. The van der Waals surface area contributed by atoms with E-state index in [1.165, 1.54) is 36.0 Å². The summed E-state index contributed by atoms with van der Waals surface area (Å²) in [6.07, 6.45) is 0. The van der Waals surface area contributed by atoms with Gasteiger partial charge in [0.25, 0.3) is 0 Å². The summed E-state index contributed by atoms with van der Waals surface area (Å²) in [6, 6.07) is 20.8. The maximum atomic E-state index is 13.0. The first-order chi connectivity index (χ1) is 14.1. The van der Waals surface area contributed by atoms with Gasteiger partial charge in [0, 0.05) is 21.7 Å². The summed E-state index contributed by atoms with van der Waals surface area (Å²) in [4.78, 5) is 21.5. The number of para-hydroxylation sites is 1. The van der Waals surface area contributed by atoms with Gasteiger partial charge in [-0.2, -0.15) is 0 Å². The van der Waals surface area contributed by atoms with Gasteiger partial charge in [0.05, 0.1) is 17.0 Å². The van der Waals surface area contributed by atoms with Crippen molar-refractivity contribution in [2.24, 2.45) is 0 Å². The van der Waals surface area contributed by atoms with Crippen molar-refractivity contribution in [3.05, 3.63) is 83.6 Å². The Morgan fingerprint density at radius 3 is 2.45 bits per heavy atom. The van der Waals surface area contributed by atoms with Gasteiger partial charge < -0.3 is 5.32 Å². The number of benzene rings is 3. The molecule has 0 fully saturated rings. The molecule has 1 aromatic heterocycles. The van der Waals surface area contributed by atoms with Crippen LogP contribution < -0.4 is 5.32 Å². The highest BCUT2D eigenvalue weighted by Gasteiger charge is 2.12. The molecular formula is C22H15ClFN3OS. The van der Waals surface area contributed by atoms with Gasteiger partial charge in [-0.15, -0.1) is 0 Å². The van der Waals surface area contributed by atoms with E-state index in [1.54, 1.807) is 0 Å². The van der Waals surface area contributed by atoms with Crippen molar-refractivity contribution in [1.29, 1.82) is 0 Å². The van der Waals surface area contributed by atoms with Crippen LogP contribution in [0.4, 0.5) is 10.1 Å². The molecule has 0 aliphatic rings. The van der Waals surface area contributed by atoms with Gasteiger partial charge >= 0.3 is 0 Å². The SMILES string of the molecule is O=C(CSc1nc(-c2ccc(Cl)cc2)c2ccccc2n1)Nc1ccc(F)cc1. The maximum absolute atomic E-state index is 13.0. The predicted molar refractivity (Wildman–Crippen MR) is 116 cm³/mol. The van der Waals surface area contributed by atoms with Crippen LogP contribution >= 0.6 is 23.4 Å². The molecule has 1 N–H and O–H groups in total. The number of thioether (sulfide) groups is 1. The quantitative estimate of drug-likeness (QED) is 0.324. The molecule has 0 saturated heterocycles. The van der Waals surface area contributed by atoms with Crippen LogP contribution in [-0.4, -0.2) is 21.6 Å². The van der Waals surface area contributed by atoms with Gasteiger partial charge in [0.1, 0.15) is 5.82 Å². The van der Waals surface area contributed by atoms with Gasteiger partial charge in [-0.3, -0.25) is 4.79 Å². The first-order valence-corrected chi connectivity index (χ1v) is 10.2. The number of carbonyl (C=O) groups excluding carboxylic acids is 1. The standard InChI is InChI=1S/C22H15ClFN3OS/c23-15-7-5-14(6-8-15)21-18-3-1-2-4-19(18)26-22(27-21)29-13-20(28)25-17-11-9-16(24)10-12-17/h1-12H,13H2,(H,25,28). The summed E-state index contributed by atoms with van der Waals surface area (Å²) in [6.45, 7) is 0. The number of carbonyl (C=O) groups is 1. The Hall–Kier alpha value is -2.96. The second-order valence-corrected chi connectivity index (χ2v) is 7.60. The molecule has 7 heteroatoms. The third-order valence-electron chi connectivity index (χ3n) is 4.16. The Labute approximate surface area is 176 Å². The van der Waals surface area contributed by atoms with Crippen molar-refractivity contribution < 1.29 is 9.18 Å². The van der Waals surface area contributed by atoms with Crippen LogP contribution in [0.5, 0.6) is 0 Å². The van der Waals surface area contributed by atoms with Crippen molar-refractivity contribution >= 4 is 45.9 Å². The number of nitrogens with one attached hydrogen (secondary N) is 1. The largest absolute Gasteiger partial charge is 0.325 e. The minimum Gasteiger partial charge on any atom is -0.325 e. The first-order valence-electron chi connectivity index (χ1n) is 8.79. The van der Waals surface area contributed by atoms with Crippen molar-refractivity contribution in [2.45, 2.75) is 5.16 Å². The van der Waals surface area contributed by atoms with Gasteiger partial charge in [0.15, 0.2) is 5.16 Å². The Kier molecular flexibility index (Phi) is 5.74. The summed E-state index contributed by atoms with van der Waals surface area (Å²) in [5.41, 5.74) is 3.05. The fourth-order valence-corrected chi connectivity index (χ4v) is 3.59. The highest BCUT2D eigenvalue weighted by molar-refractivity contribution is 7.99. The second kappa shape index (κ2) is 8.59. The Morgan fingerprint density at radius 2 is 1.69 bits per heavy atom. The third kappa shape index (κ3) is 4.72. The van der Waals surface area contributed by atoms with Crippen LogP contribution in [0.15, 0.2) is 78.0 Å². The smallest absolute Gasteiger partial charge is 0.234 e. The van der Waals surface area contributed by atoms with Crippen LogP contribution in [0.2, 0.25) is 5.02 Å². The monoisotopic (exact) mass is 423 g/mol. The number of aromatic nitrogens is 2. The van der Waals surface area contributed by atoms with E-state index in [0.29, 0.717) is 15.9 Å². The fraction of sp³-hybridized carbons (Fsp3) is 0.0455. The van der Waals surface area contributed by atoms with E-state index in [2.05, 4.69) is 15.3 Å². The van der Waals surface area contributed by atoms with Crippen LogP contribution in [0.3, 0.4) is 0 Å². The molecule has 1 amide bonds. The summed E-state index contributed by atoms with van der Waals surface area (Å²) in [7, 11) is 0. The average Bonchev–Trinajstić information content (AvgIpc) is 2.74. The Bertz CT molecular complexity index is 1170. The third-order valence-corrected chi connectivity index (χ3v) is 5.26. The number of nitrogens with zero attached hydrogens (tertiary/aromatic N) is 2. The minimum atomic E-state index is -0.350. The van der Waals surface area contributed by atoms with Gasteiger partial charge in [-0.25, -0.2) is 14.4 Å². The molecule has 3 aromatic carbocycles. The zero-order chi connectivity index (χ0) is 20.2. The normalized spacial score (nSPS) is 10.8. The van der Waals surface area contributed by atoms with Crippen molar-refractivity contribution in [1.82, 2.24) is 9.97 Å². The summed E-state index contributed by atoms with van der Waals surface area (Å²) < 4.78 is 13.0. The maximum Gasteiger partial charge on any atom is 0.234 e. The number of fused-ring (bicyclic) bond motifs is 1. The average molecular weight is 424 g/mol. The van der Waals surface area contributed by atoms with Crippen molar-refractivity contribution in [2.75, 3.05) is 11.1 Å². The molecule has 0 aliphatic carbocycles.